The van der Waals surface area contributed by atoms with E-state index in [1.54, 1.807) is 0 Å². The van der Waals surface area contributed by atoms with Crippen LogP contribution in [0.4, 0.5) is 34.1 Å². The summed E-state index contributed by atoms with van der Waals surface area (Å²) in [5.74, 6) is 0. The van der Waals surface area contributed by atoms with Crippen LogP contribution in [0.2, 0.25) is 0 Å². The van der Waals surface area contributed by atoms with Crippen LogP contribution in [0.5, 0.6) is 0 Å². The molecule has 0 N–H and O–H groups in total. The standard InChI is InChI=1S/C48H32N2/c1-5-15-35(16-6-1)49(36-17-7-2-8-18-36)45-29-27-33-31-44-40-24-14-26-42-46(50(37-19-9-3-10-20-37)38-21-11-4-12-22-38)30-28-34(48(40)42)32-43(44)39-23-13-25-41(45)47(33)39/h1-32H. The number of nitrogens with zero attached hydrogens (tertiary/aromatic N) is 2. The summed E-state index contributed by atoms with van der Waals surface area (Å²) in [5.41, 5.74) is 6.90. The highest BCUT2D eigenvalue weighted by molar-refractivity contribution is 6.32. The van der Waals surface area contributed by atoms with Gasteiger partial charge >= 0.3 is 0 Å². The average Bonchev–Trinajstić information content (AvgIpc) is 3.19. The van der Waals surface area contributed by atoms with E-state index >= 15 is 0 Å². The lowest BCUT2D eigenvalue weighted by atomic mass is 9.88. The molecule has 0 fully saturated rings. The molecule has 0 aliphatic heterocycles. The van der Waals surface area contributed by atoms with Crippen LogP contribution in [0.1, 0.15) is 0 Å². The van der Waals surface area contributed by atoms with E-state index in [4.69, 9.17) is 0 Å². The molecule has 0 spiro atoms. The van der Waals surface area contributed by atoms with Crippen LogP contribution in [0.3, 0.4) is 0 Å². The molecule has 0 atom stereocenters. The molecule has 10 aromatic rings. The van der Waals surface area contributed by atoms with Crippen molar-refractivity contribution >= 4 is 88.0 Å². The Labute approximate surface area is 291 Å². The molecule has 10 rings (SSSR count). The number of hydrogen-bond acceptors (Lipinski definition) is 2. The van der Waals surface area contributed by atoms with Crippen molar-refractivity contribution in [2.75, 3.05) is 9.80 Å². The lowest BCUT2D eigenvalue weighted by Gasteiger charge is -2.28. The van der Waals surface area contributed by atoms with Crippen LogP contribution >= 0.6 is 0 Å². The maximum Gasteiger partial charge on any atom is 0.0540 e. The van der Waals surface area contributed by atoms with Crippen molar-refractivity contribution in [2.24, 2.45) is 0 Å². The summed E-state index contributed by atoms with van der Waals surface area (Å²) in [6.07, 6.45) is 0. The number of benzene rings is 10. The minimum atomic E-state index is 1.14. The van der Waals surface area contributed by atoms with Crippen molar-refractivity contribution in [3.63, 3.8) is 0 Å². The van der Waals surface area contributed by atoms with Crippen molar-refractivity contribution in [2.45, 2.75) is 0 Å². The number of para-hydroxylation sites is 4. The summed E-state index contributed by atoms with van der Waals surface area (Å²) in [6.45, 7) is 0. The molecule has 0 heterocycles. The minimum Gasteiger partial charge on any atom is -0.310 e. The topological polar surface area (TPSA) is 6.48 Å². The molecule has 0 unspecified atom stereocenters. The third kappa shape index (κ3) is 4.43. The molecule has 0 aliphatic rings. The predicted molar refractivity (Wildman–Crippen MR) is 215 cm³/mol. The molecule has 0 saturated heterocycles. The van der Waals surface area contributed by atoms with Gasteiger partial charge in [-0.05, 0) is 116 Å². The normalized spacial score (nSPS) is 11.6. The summed E-state index contributed by atoms with van der Waals surface area (Å²) >= 11 is 0. The van der Waals surface area contributed by atoms with Crippen LogP contribution in [0.15, 0.2) is 194 Å². The van der Waals surface area contributed by atoms with Crippen molar-refractivity contribution < 1.29 is 0 Å². The fourth-order valence-electron chi connectivity index (χ4n) is 7.99. The highest BCUT2D eigenvalue weighted by Crippen LogP contribution is 2.47. The van der Waals surface area contributed by atoms with Gasteiger partial charge in [0.1, 0.15) is 0 Å². The smallest absolute Gasteiger partial charge is 0.0540 e. The van der Waals surface area contributed by atoms with Crippen LogP contribution in [0.25, 0.3) is 53.9 Å². The van der Waals surface area contributed by atoms with E-state index in [1.807, 2.05) is 0 Å². The van der Waals surface area contributed by atoms with Crippen LogP contribution < -0.4 is 9.80 Å². The first-order chi connectivity index (χ1) is 24.8. The molecule has 0 amide bonds. The van der Waals surface area contributed by atoms with Crippen LogP contribution in [0, 0.1) is 0 Å². The van der Waals surface area contributed by atoms with Crippen molar-refractivity contribution in [1.29, 1.82) is 0 Å². The number of rotatable bonds is 6. The first-order valence-corrected chi connectivity index (χ1v) is 17.2. The molecule has 234 valence electrons. The molecule has 50 heavy (non-hydrogen) atoms. The van der Waals surface area contributed by atoms with E-state index in [-0.39, 0.29) is 0 Å². The van der Waals surface area contributed by atoms with Crippen molar-refractivity contribution in [3.05, 3.63) is 194 Å². The summed E-state index contributed by atoms with van der Waals surface area (Å²) in [7, 11) is 0. The van der Waals surface area contributed by atoms with Gasteiger partial charge in [0.25, 0.3) is 0 Å². The molecule has 0 aromatic heterocycles. The van der Waals surface area contributed by atoms with Gasteiger partial charge in [-0.2, -0.15) is 0 Å². The largest absolute Gasteiger partial charge is 0.310 e. The Morgan fingerprint density at radius 3 is 0.900 bits per heavy atom. The van der Waals surface area contributed by atoms with Gasteiger partial charge in [0.15, 0.2) is 0 Å². The maximum atomic E-state index is 2.41. The van der Waals surface area contributed by atoms with Gasteiger partial charge in [0, 0.05) is 33.5 Å². The molecule has 10 aromatic carbocycles. The fraction of sp³-hybridized carbons (Fsp3) is 0. The summed E-state index contributed by atoms with van der Waals surface area (Å²) in [5, 5.41) is 12.7. The van der Waals surface area contributed by atoms with E-state index in [9.17, 15) is 0 Å². The van der Waals surface area contributed by atoms with Crippen LogP contribution in [-0.4, -0.2) is 0 Å². The third-order valence-electron chi connectivity index (χ3n) is 10.1. The van der Waals surface area contributed by atoms with Gasteiger partial charge in [-0.25, -0.2) is 0 Å². The van der Waals surface area contributed by atoms with E-state index in [0.29, 0.717) is 0 Å². The van der Waals surface area contributed by atoms with Crippen LogP contribution in [-0.2, 0) is 0 Å². The number of hydrogen-bond donors (Lipinski definition) is 0. The van der Waals surface area contributed by atoms with Gasteiger partial charge in [-0.1, -0.05) is 121 Å². The zero-order chi connectivity index (χ0) is 33.0. The molecular formula is C48H32N2. The van der Waals surface area contributed by atoms with Gasteiger partial charge in [-0.15, -0.1) is 0 Å². The Hall–Kier alpha value is -6.64. The lowest BCUT2D eigenvalue weighted by Crippen LogP contribution is -2.10. The lowest BCUT2D eigenvalue weighted by molar-refractivity contribution is 1.30. The number of anilines is 6. The maximum absolute atomic E-state index is 2.41. The zero-order valence-corrected chi connectivity index (χ0v) is 27.4. The zero-order valence-electron chi connectivity index (χ0n) is 27.4. The Morgan fingerprint density at radius 2 is 0.560 bits per heavy atom. The van der Waals surface area contributed by atoms with E-state index in [0.717, 1.165) is 22.7 Å². The quantitative estimate of drug-likeness (QED) is 0.132. The highest BCUT2D eigenvalue weighted by atomic mass is 15.1. The molecule has 2 heteroatoms. The first kappa shape index (κ1) is 28.4. The second kappa shape index (κ2) is 11.5. The van der Waals surface area contributed by atoms with E-state index < -0.39 is 0 Å². The molecule has 0 aliphatic carbocycles. The second-order valence-corrected chi connectivity index (χ2v) is 12.9. The highest BCUT2D eigenvalue weighted by Gasteiger charge is 2.21. The fourth-order valence-corrected chi connectivity index (χ4v) is 7.99. The van der Waals surface area contributed by atoms with E-state index in [2.05, 4.69) is 204 Å². The van der Waals surface area contributed by atoms with Gasteiger partial charge in [0.05, 0.1) is 11.4 Å². The van der Waals surface area contributed by atoms with Crippen molar-refractivity contribution in [1.82, 2.24) is 0 Å². The molecule has 0 radical (unpaired) electrons. The molecule has 0 saturated carbocycles. The van der Waals surface area contributed by atoms with Gasteiger partial charge in [0.2, 0.25) is 0 Å². The summed E-state index contributed by atoms with van der Waals surface area (Å²) in [4.78, 5) is 4.75. The minimum absolute atomic E-state index is 1.14. The first-order valence-electron chi connectivity index (χ1n) is 17.2. The van der Waals surface area contributed by atoms with Gasteiger partial charge in [-0.3, -0.25) is 0 Å². The molecular weight excluding hydrogens is 605 g/mol. The second-order valence-electron chi connectivity index (χ2n) is 12.9. The summed E-state index contributed by atoms with van der Waals surface area (Å²) in [6, 6.07) is 70.3. The van der Waals surface area contributed by atoms with Crippen molar-refractivity contribution in [3.8, 4) is 0 Å². The predicted octanol–water partition coefficient (Wildman–Crippen LogP) is 13.8. The SMILES string of the molecule is c1ccc(N(c2ccccc2)c2ccc3cc4c(cc5ccc(N(c6ccccc6)c6ccccc6)c6cccc4c56)c4cccc2c34)cc1. The Bertz CT molecular complexity index is 2520. The summed E-state index contributed by atoms with van der Waals surface area (Å²) < 4.78 is 0. The molecule has 2 nitrogen and oxygen atoms in total. The average molecular weight is 637 g/mol. The molecule has 0 bridgehead atoms. The Kier molecular flexibility index (Phi) is 6.53. The Balaban J connectivity index is 1.23. The number of fused-ring (bicyclic) bond motifs is 3. The monoisotopic (exact) mass is 636 g/mol. The Morgan fingerprint density at radius 1 is 0.240 bits per heavy atom. The van der Waals surface area contributed by atoms with Gasteiger partial charge < -0.3 is 9.80 Å². The third-order valence-corrected chi connectivity index (χ3v) is 10.1. The van der Waals surface area contributed by atoms with E-state index in [1.165, 1.54) is 65.2 Å².